The second kappa shape index (κ2) is 8.67. The van der Waals surface area contributed by atoms with Crippen molar-refractivity contribution in [3.63, 3.8) is 0 Å². The van der Waals surface area contributed by atoms with Crippen LogP contribution in [0.2, 0.25) is 0 Å². The van der Waals surface area contributed by atoms with Crippen LogP contribution >= 0.6 is 0 Å². The minimum atomic E-state index is -1.07. The summed E-state index contributed by atoms with van der Waals surface area (Å²) >= 11 is 0. The maximum absolute atomic E-state index is 13.3. The zero-order valence-electron chi connectivity index (χ0n) is 18.8. The molecule has 5 rings (SSSR count). The number of hydrogen-bond acceptors (Lipinski definition) is 4. The van der Waals surface area contributed by atoms with E-state index in [9.17, 15) is 14.4 Å². The highest BCUT2D eigenvalue weighted by Gasteiger charge is 2.55. The number of methoxy groups -OCH3 is 1. The first kappa shape index (κ1) is 21.7. The molecule has 7 nitrogen and oxygen atoms in total. The van der Waals surface area contributed by atoms with Crippen molar-refractivity contribution in [3.8, 4) is 5.75 Å². The third kappa shape index (κ3) is 3.79. The number of carbonyl (C=O) groups is 3. The van der Waals surface area contributed by atoms with E-state index in [1.54, 1.807) is 19.2 Å². The van der Waals surface area contributed by atoms with Crippen molar-refractivity contribution < 1.29 is 19.1 Å². The summed E-state index contributed by atoms with van der Waals surface area (Å²) in [6.07, 6.45) is 1.84. The van der Waals surface area contributed by atoms with Crippen LogP contribution < -0.4 is 15.4 Å². The summed E-state index contributed by atoms with van der Waals surface area (Å²) in [6.45, 7) is -0.353. The van der Waals surface area contributed by atoms with Gasteiger partial charge in [0, 0.05) is 17.7 Å². The highest BCUT2D eigenvalue weighted by Crippen LogP contribution is 2.41. The van der Waals surface area contributed by atoms with Gasteiger partial charge in [-0.3, -0.25) is 14.5 Å². The van der Waals surface area contributed by atoms with Crippen molar-refractivity contribution >= 4 is 23.5 Å². The van der Waals surface area contributed by atoms with Crippen LogP contribution in [0.4, 0.5) is 10.5 Å². The Balaban J connectivity index is 1.31. The van der Waals surface area contributed by atoms with E-state index in [4.69, 9.17) is 4.74 Å². The summed E-state index contributed by atoms with van der Waals surface area (Å²) in [4.78, 5) is 39.8. The Hall–Kier alpha value is -4.13. The average molecular weight is 456 g/mol. The van der Waals surface area contributed by atoms with Crippen LogP contribution in [0.15, 0.2) is 72.8 Å². The van der Waals surface area contributed by atoms with Crippen molar-refractivity contribution in [2.75, 3.05) is 19.0 Å². The number of benzene rings is 3. The summed E-state index contributed by atoms with van der Waals surface area (Å²) in [5.74, 6) is -0.0995. The van der Waals surface area contributed by atoms with Gasteiger partial charge < -0.3 is 15.4 Å². The largest absolute Gasteiger partial charge is 0.496 e. The maximum Gasteiger partial charge on any atom is 0.325 e. The van der Waals surface area contributed by atoms with E-state index in [0.29, 0.717) is 24.9 Å². The molecule has 0 radical (unpaired) electrons. The Bertz CT molecular complexity index is 1270. The molecule has 172 valence electrons. The lowest BCUT2D eigenvalue weighted by molar-refractivity contribution is -0.134. The third-order valence-corrected chi connectivity index (χ3v) is 6.53. The Morgan fingerprint density at radius 1 is 1.06 bits per heavy atom. The third-order valence-electron chi connectivity index (χ3n) is 6.53. The van der Waals surface area contributed by atoms with Crippen LogP contribution in [-0.2, 0) is 28.0 Å². The highest BCUT2D eigenvalue weighted by molar-refractivity contribution is 6.10. The van der Waals surface area contributed by atoms with Crippen LogP contribution in [0.3, 0.4) is 0 Å². The molecular weight excluding hydrogens is 430 g/mol. The van der Waals surface area contributed by atoms with Gasteiger partial charge >= 0.3 is 6.03 Å². The number of fused-ring (bicyclic) bond motifs is 2. The average Bonchev–Trinajstić information content (AvgIpc) is 3.33. The Morgan fingerprint density at radius 3 is 2.62 bits per heavy atom. The minimum Gasteiger partial charge on any atom is -0.496 e. The number of urea groups is 1. The molecule has 1 heterocycles. The van der Waals surface area contributed by atoms with Gasteiger partial charge in [0.15, 0.2) is 0 Å². The number of amides is 4. The monoisotopic (exact) mass is 455 g/mol. The molecule has 0 saturated carbocycles. The molecule has 3 aromatic rings. The molecule has 0 aromatic heterocycles. The summed E-state index contributed by atoms with van der Waals surface area (Å²) in [5, 5.41) is 5.66. The van der Waals surface area contributed by atoms with Crippen LogP contribution in [0.1, 0.15) is 28.7 Å². The predicted octanol–water partition coefficient (Wildman–Crippen LogP) is 3.62. The summed E-state index contributed by atoms with van der Waals surface area (Å²) in [6, 6.07) is 22.4. The molecular formula is C27H25N3O4. The second-order valence-electron chi connectivity index (χ2n) is 8.62. The zero-order chi connectivity index (χ0) is 23.7. The first-order valence-corrected chi connectivity index (χ1v) is 11.2. The maximum atomic E-state index is 13.3. The molecule has 1 spiro atoms. The van der Waals surface area contributed by atoms with E-state index in [1.807, 2.05) is 60.7 Å². The molecule has 1 saturated heterocycles. The van der Waals surface area contributed by atoms with Crippen LogP contribution in [-0.4, -0.2) is 36.4 Å². The fraction of sp³-hybridized carbons (Fsp3) is 0.222. The fourth-order valence-corrected chi connectivity index (χ4v) is 4.89. The molecule has 34 heavy (non-hydrogen) atoms. The first-order chi connectivity index (χ1) is 16.5. The van der Waals surface area contributed by atoms with Gasteiger partial charge in [0.05, 0.1) is 7.11 Å². The summed E-state index contributed by atoms with van der Waals surface area (Å²) in [7, 11) is 1.61. The number of ether oxygens (including phenoxy) is 1. The van der Waals surface area contributed by atoms with Gasteiger partial charge in [0.25, 0.3) is 5.91 Å². The molecule has 7 heteroatoms. The molecule has 1 fully saturated rings. The summed E-state index contributed by atoms with van der Waals surface area (Å²) in [5.41, 5.74) is 3.40. The molecule has 3 aromatic carbocycles. The van der Waals surface area contributed by atoms with Crippen LogP contribution in [0.25, 0.3) is 0 Å². The number of nitrogens with zero attached hydrogens (tertiary/aromatic N) is 1. The molecule has 1 atom stereocenters. The lowest BCUT2D eigenvalue weighted by atomic mass is 9.92. The molecule has 4 amide bonds. The smallest absolute Gasteiger partial charge is 0.325 e. The standard InChI is InChI=1S/C27H25N3O4/c1-34-23-12-11-21(16-20(23)15-18-7-3-2-4-8-18)28-24(31)17-30-25(32)27(29-26(30)33)14-13-19-9-5-6-10-22(19)27/h2-12,16H,13-15,17H2,1H3,(H,28,31)(H,29,33). The Kier molecular flexibility index (Phi) is 5.53. The van der Waals surface area contributed by atoms with Gasteiger partial charge in [-0.25, -0.2) is 4.79 Å². The van der Waals surface area contributed by atoms with Crippen LogP contribution in [0, 0.1) is 0 Å². The van der Waals surface area contributed by atoms with Gasteiger partial charge in [-0.15, -0.1) is 0 Å². The zero-order valence-corrected chi connectivity index (χ0v) is 18.8. The number of imide groups is 1. The van der Waals surface area contributed by atoms with Gasteiger partial charge in [0.2, 0.25) is 5.91 Å². The molecule has 0 bridgehead atoms. The lowest BCUT2D eigenvalue weighted by Gasteiger charge is -2.22. The normalized spacial score (nSPS) is 18.7. The molecule has 1 aliphatic carbocycles. The van der Waals surface area contributed by atoms with Gasteiger partial charge in [-0.05, 0) is 47.7 Å². The van der Waals surface area contributed by atoms with Crippen molar-refractivity contribution in [2.45, 2.75) is 24.8 Å². The fourth-order valence-electron chi connectivity index (χ4n) is 4.89. The lowest BCUT2D eigenvalue weighted by Crippen LogP contribution is -2.43. The minimum absolute atomic E-state index is 0.353. The van der Waals surface area contributed by atoms with E-state index in [-0.39, 0.29) is 12.5 Å². The predicted molar refractivity (Wildman–Crippen MR) is 128 cm³/mol. The SMILES string of the molecule is COc1ccc(NC(=O)CN2C(=O)NC3(CCc4ccccc43)C2=O)cc1Cc1ccccc1. The Labute approximate surface area is 197 Å². The van der Waals surface area contributed by atoms with Gasteiger partial charge in [0.1, 0.15) is 17.8 Å². The molecule has 1 aliphatic heterocycles. The number of carbonyl (C=O) groups excluding carboxylic acids is 3. The van der Waals surface area contributed by atoms with E-state index >= 15 is 0 Å². The summed E-state index contributed by atoms with van der Waals surface area (Å²) < 4.78 is 5.48. The first-order valence-electron chi connectivity index (χ1n) is 11.2. The highest BCUT2D eigenvalue weighted by atomic mass is 16.5. The van der Waals surface area contributed by atoms with Crippen molar-refractivity contribution in [1.82, 2.24) is 10.2 Å². The Morgan fingerprint density at radius 2 is 1.82 bits per heavy atom. The van der Waals surface area contributed by atoms with E-state index < -0.39 is 17.5 Å². The molecule has 2 aliphatic rings. The van der Waals surface area contributed by atoms with E-state index in [1.165, 1.54) is 0 Å². The van der Waals surface area contributed by atoms with Crippen LogP contribution in [0.5, 0.6) is 5.75 Å². The molecule has 2 N–H and O–H groups in total. The van der Waals surface area contributed by atoms with Gasteiger partial charge in [-0.1, -0.05) is 54.6 Å². The number of rotatable bonds is 6. The molecule has 1 unspecified atom stereocenters. The number of hydrogen-bond donors (Lipinski definition) is 2. The van der Waals surface area contributed by atoms with Gasteiger partial charge in [-0.2, -0.15) is 0 Å². The van der Waals surface area contributed by atoms with E-state index in [2.05, 4.69) is 10.6 Å². The topological polar surface area (TPSA) is 87.7 Å². The van der Waals surface area contributed by atoms with Crippen molar-refractivity contribution in [2.24, 2.45) is 0 Å². The van der Waals surface area contributed by atoms with E-state index in [0.717, 1.165) is 32.9 Å². The quantitative estimate of drug-likeness (QED) is 0.556. The number of anilines is 1. The van der Waals surface area contributed by atoms with Crippen molar-refractivity contribution in [1.29, 1.82) is 0 Å². The number of aryl methyl sites for hydroxylation is 1. The van der Waals surface area contributed by atoms with Crippen molar-refractivity contribution in [3.05, 3.63) is 95.1 Å². The number of nitrogens with one attached hydrogen (secondary N) is 2. The second-order valence-corrected chi connectivity index (χ2v) is 8.62.